The molecule has 0 aliphatic rings. The highest BCUT2D eigenvalue weighted by Crippen LogP contribution is 2.31. The number of halogens is 1. The van der Waals surface area contributed by atoms with Crippen molar-refractivity contribution >= 4 is 38.5 Å². The molecule has 2 aromatic heterocycles. The molecule has 0 unspecified atom stereocenters. The van der Waals surface area contributed by atoms with Gasteiger partial charge in [-0.15, -0.1) is 11.3 Å². The zero-order chi connectivity index (χ0) is 12.5. The van der Waals surface area contributed by atoms with Gasteiger partial charge in [0.1, 0.15) is 5.75 Å². The first-order valence-corrected chi connectivity index (χ1v) is 6.80. The second-order valence-electron chi connectivity index (χ2n) is 3.51. The number of fused-ring (bicyclic) bond motifs is 1. The van der Waals surface area contributed by atoms with Gasteiger partial charge in [-0.3, -0.25) is 9.20 Å². The molecular formula is C12H7BrN2O2S. The normalized spacial score (nSPS) is 10.7. The van der Waals surface area contributed by atoms with Gasteiger partial charge in [-0.25, -0.2) is 0 Å². The van der Waals surface area contributed by atoms with E-state index in [9.17, 15) is 4.79 Å². The summed E-state index contributed by atoms with van der Waals surface area (Å²) in [6, 6.07) is 7.43. The lowest BCUT2D eigenvalue weighted by Crippen LogP contribution is -1.92. The molecule has 0 amide bonds. The van der Waals surface area contributed by atoms with Gasteiger partial charge in [-0.05, 0) is 28.1 Å². The van der Waals surface area contributed by atoms with Crippen LogP contribution in [-0.4, -0.2) is 15.7 Å². The molecule has 0 aliphatic carbocycles. The second kappa shape index (κ2) is 4.55. The van der Waals surface area contributed by atoms with Crippen LogP contribution < -0.4 is 4.74 Å². The molecule has 0 atom stereocenters. The van der Waals surface area contributed by atoms with E-state index in [2.05, 4.69) is 20.9 Å². The van der Waals surface area contributed by atoms with Crippen LogP contribution in [0.25, 0.3) is 4.96 Å². The Kier molecular flexibility index (Phi) is 2.89. The predicted molar refractivity (Wildman–Crippen MR) is 72.7 cm³/mol. The van der Waals surface area contributed by atoms with Crippen LogP contribution in [0.2, 0.25) is 0 Å². The highest BCUT2D eigenvalue weighted by Gasteiger charge is 2.15. The quantitative estimate of drug-likeness (QED) is 0.689. The summed E-state index contributed by atoms with van der Waals surface area (Å²) in [4.78, 5) is 16.1. The van der Waals surface area contributed by atoms with Crippen molar-refractivity contribution in [1.82, 2.24) is 9.38 Å². The third-order valence-electron chi connectivity index (χ3n) is 2.42. The molecule has 1 aromatic carbocycles. The lowest BCUT2D eigenvalue weighted by atomic mass is 10.3. The van der Waals surface area contributed by atoms with Crippen molar-refractivity contribution in [2.45, 2.75) is 0 Å². The number of benzene rings is 1. The van der Waals surface area contributed by atoms with Gasteiger partial charge in [0.2, 0.25) is 5.88 Å². The van der Waals surface area contributed by atoms with Gasteiger partial charge in [0.05, 0.1) is 4.47 Å². The Balaban J connectivity index is 2.07. The second-order valence-corrected chi connectivity index (χ2v) is 5.24. The van der Waals surface area contributed by atoms with E-state index in [1.807, 2.05) is 29.6 Å². The number of ether oxygens (including phenoxy) is 1. The molecule has 0 radical (unpaired) electrons. The minimum Gasteiger partial charge on any atom is -0.436 e. The minimum absolute atomic E-state index is 0.323. The van der Waals surface area contributed by atoms with Crippen LogP contribution in [-0.2, 0) is 0 Å². The van der Waals surface area contributed by atoms with E-state index >= 15 is 0 Å². The molecule has 0 spiro atoms. The maximum Gasteiger partial charge on any atom is 0.250 e. The zero-order valence-electron chi connectivity index (χ0n) is 9.04. The summed E-state index contributed by atoms with van der Waals surface area (Å²) in [6.07, 6.45) is 2.54. The molecule has 90 valence electrons. The van der Waals surface area contributed by atoms with Gasteiger partial charge < -0.3 is 4.74 Å². The zero-order valence-corrected chi connectivity index (χ0v) is 11.4. The standard InChI is InChI=1S/C12H7BrN2O2S/c13-8-3-1-2-4-10(8)17-11-9(7-16)15-5-6-18-12(15)14-11/h1-7H. The Hall–Kier alpha value is -1.66. The number of aldehydes is 1. The van der Waals surface area contributed by atoms with Crippen LogP contribution in [0.4, 0.5) is 0 Å². The van der Waals surface area contributed by atoms with Crippen molar-refractivity contribution in [3.05, 3.63) is 46.0 Å². The van der Waals surface area contributed by atoms with Gasteiger partial charge in [0, 0.05) is 11.6 Å². The number of rotatable bonds is 3. The molecule has 6 heteroatoms. The first-order valence-electron chi connectivity index (χ1n) is 5.12. The van der Waals surface area contributed by atoms with Gasteiger partial charge >= 0.3 is 0 Å². The van der Waals surface area contributed by atoms with Crippen molar-refractivity contribution in [1.29, 1.82) is 0 Å². The van der Waals surface area contributed by atoms with Crippen molar-refractivity contribution in [2.24, 2.45) is 0 Å². The van der Waals surface area contributed by atoms with E-state index in [0.29, 0.717) is 17.3 Å². The summed E-state index contributed by atoms with van der Waals surface area (Å²) in [5.41, 5.74) is 0.419. The summed E-state index contributed by atoms with van der Waals surface area (Å²) in [5, 5.41) is 1.87. The third kappa shape index (κ3) is 1.83. The summed E-state index contributed by atoms with van der Waals surface area (Å²) in [7, 11) is 0. The molecule has 0 N–H and O–H groups in total. The molecular weight excluding hydrogens is 316 g/mol. The Bertz CT molecular complexity index is 720. The number of para-hydroxylation sites is 1. The van der Waals surface area contributed by atoms with E-state index < -0.39 is 0 Å². The molecule has 2 heterocycles. The summed E-state index contributed by atoms with van der Waals surface area (Å²) >= 11 is 4.84. The van der Waals surface area contributed by atoms with E-state index in [0.717, 1.165) is 15.7 Å². The lowest BCUT2D eigenvalue weighted by molar-refractivity contribution is 0.111. The third-order valence-corrected chi connectivity index (χ3v) is 3.83. The lowest BCUT2D eigenvalue weighted by Gasteiger charge is -2.04. The fraction of sp³-hybridized carbons (Fsp3) is 0. The number of nitrogens with zero attached hydrogens (tertiary/aromatic N) is 2. The van der Waals surface area contributed by atoms with Crippen LogP contribution in [0, 0.1) is 0 Å². The summed E-state index contributed by atoms with van der Waals surface area (Å²) in [5.74, 6) is 0.954. The van der Waals surface area contributed by atoms with Crippen molar-refractivity contribution in [3.63, 3.8) is 0 Å². The van der Waals surface area contributed by atoms with Gasteiger partial charge in [-0.2, -0.15) is 4.98 Å². The van der Waals surface area contributed by atoms with Gasteiger partial charge in [-0.1, -0.05) is 12.1 Å². The van der Waals surface area contributed by atoms with Crippen molar-refractivity contribution in [2.75, 3.05) is 0 Å². The number of thiazole rings is 1. The van der Waals surface area contributed by atoms with Crippen LogP contribution in [0.1, 0.15) is 10.5 Å². The number of hydrogen-bond donors (Lipinski definition) is 0. The highest BCUT2D eigenvalue weighted by atomic mass is 79.9. The molecule has 0 aliphatic heterocycles. The predicted octanol–water partition coefficient (Wildman–Crippen LogP) is 3.76. The van der Waals surface area contributed by atoms with Gasteiger partial charge in [0.15, 0.2) is 16.9 Å². The number of carbonyl (C=O) groups excluding carboxylic acids is 1. The number of imidazole rings is 1. The molecule has 0 bridgehead atoms. The molecule has 4 nitrogen and oxygen atoms in total. The monoisotopic (exact) mass is 322 g/mol. The first kappa shape index (κ1) is 11.4. The maximum absolute atomic E-state index is 11.1. The van der Waals surface area contributed by atoms with Crippen LogP contribution in [0.3, 0.4) is 0 Å². The molecule has 0 saturated carbocycles. The van der Waals surface area contributed by atoms with E-state index in [4.69, 9.17) is 4.74 Å². The fourth-order valence-corrected chi connectivity index (χ4v) is 2.68. The Morgan fingerprint density at radius 1 is 1.39 bits per heavy atom. The molecule has 0 fully saturated rings. The molecule has 3 aromatic rings. The SMILES string of the molecule is O=Cc1c(Oc2ccccc2Br)nc2sccn12. The van der Waals surface area contributed by atoms with E-state index in [1.54, 1.807) is 10.6 Å². The van der Waals surface area contributed by atoms with Crippen LogP contribution in [0.5, 0.6) is 11.6 Å². The van der Waals surface area contributed by atoms with Gasteiger partial charge in [0.25, 0.3) is 0 Å². The van der Waals surface area contributed by atoms with Crippen LogP contribution in [0.15, 0.2) is 40.3 Å². The van der Waals surface area contributed by atoms with Crippen molar-refractivity contribution in [3.8, 4) is 11.6 Å². The number of aromatic nitrogens is 2. The summed E-state index contributed by atoms with van der Waals surface area (Å²) in [6.45, 7) is 0. The molecule has 3 rings (SSSR count). The Morgan fingerprint density at radius 3 is 3.00 bits per heavy atom. The smallest absolute Gasteiger partial charge is 0.250 e. The average Bonchev–Trinajstić information content (AvgIpc) is 2.92. The van der Waals surface area contributed by atoms with Crippen LogP contribution >= 0.6 is 27.3 Å². The average molecular weight is 323 g/mol. The minimum atomic E-state index is 0.323. The first-order chi connectivity index (χ1) is 8.79. The fourth-order valence-electron chi connectivity index (χ4n) is 1.60. The summed E-state index contributed by atoms with van der Waals surface area (Å²) < 4.78 is 8.20. The van der Waals surface area contributed by atoms with Crippen molar-refractivity contribution < 1.29 is 9.53 Å². The van der Waals surface area contributed by atoms with E-state index in [1.165, 1.54) is 11.3 Å². The highest BCUT2D eigenvalue weighted by molar-refractivity contribution is 9.10. The molecule has 0 saturated heterocycles. The maximum atomic E-state index is 11.1. The number of carbonyl (C=O) groups is 1. The Labute approximate surface area is 115 Å². The largest absolute Gasteiger partial charge is 0.436 e. The molecule has 18 heavy (non-hydrogen) atoms. The Morgan fingerprint density at radius 2 is 2.22 bits per heavy atom. The number of hydrogen-bond acceptors (Lipinski definition) is 4. The topological polar surface area (TPSA) is 43.6 Å². The van der Waals surface area contributed by atoms with E-state index in [-0.39, 0.29) is 0 Å².